The molecule has 0 aliphatic carbocycles. The van der Waals surface area contributed by atoms with Crippen LogP contribution in [0.1, 0.15) is 16.8 Å². The lowest BCUT2D eigenvalue weighted by Gasteiger charge is -2.30. The molecule has 0 atom stereocenters. The monoisotopic (exact) mass is 252 g/mol. The number of hydrogen-bond acceptors (Lipinski definition) is 3. The Bertz CT molecular complexity index is 604. The van der Waals surface area contributed by atoms with Gasteiger partial charge in [-0.1, -0.05) is 24.3 Å². The fourth-order valence-corrected chi connectivity index (χ4v) is 2.45. The molecular weight excluding hydrogens is 236 g/mol. The summed E-state index contributed by atoms with van der Waals surface area (Å²) in [5.41, 5.74) is 9.84. The van der Waals surface area contributed by atoms with Crippen LogP contribution in [0.2, 0.25) is 0 Å². The minimum atomic E-state index is 0.00976. The summed E-state index contributed by atoms with van der Waals surface area (Å²) >= 11 is 0. The Morgan fingerprint density at radius 3 is 2.63 bits per heavy atom. The molecule has 2 aromatic rings. The van der Waals surface area contributed by atoms with Gasteiger partial charge in [-0.05, 0) is 29.7 Å². The summed E-state index contributed by atoms with van der Waals surface area (Å²) in [5.74, 6) is 0.00976. The smallest absolute Gasteiger partial charge is 0.141 e. The maximum absolute atomic E-state index is 7.35. The van der Waals surface area contributed by atoms with Gasteiger partial charge in [0.2, 0.25) is 0 Å². The number of nitrogen functional groups attached to an aromatic ring is 1. The Labute approximate surface area is 112 Å². The largest absolute Gasteiger partial charge is 0.382 e. The number of pyridine rings is 1. The number of anilines is 1. The molecule has 4 nitrogen and oxygen atoms in total. The number of benzene rings is 1. The number of nitrogens with zero attached hydrogens (tertiary/aromatic N) is 2. The van der Waals surface area contributed by atoms with Crippen molar-refractivity contribution in [3.05, 3.63) is 59.4 Å². The van der Waals surface area contributed by atoms with E-state index in [1.807, 2.05) is 6.07 Å². The Morgan fingerprint density at radius 1 is 1.16 bits per heavy atom. The number of fused-ring (bicyclic) bond motifs is 1. The Hall–Kier alpha value is -2.36. The highest BCUT2D eigenvalue weighted by atomic mass is 15.1. The average Bonchev–Trinajstić information content (AvgIpc) is 2.47. The summed E-state index contributed by atoms with van der Waals surface area (Å²) < 4.78 is 0. The van der Waals surface area contributed by atoms with Crippen molar-refractivity contribution in [3.8, 4) is 0 Å². The maximum atomic E-state index is 7.35. The molecule has 2 heterocycles. The van der Waals surface area contributed by atoms with E-state index in [1.54, 1.807) is 12.3 Å². The van der Waals surface area contributed by atoms with Crippen LogP contribution in [0, 0.1) is 5.41 Å². The van der Waals surface area contributed by atoms with Crippen molar-refractivity contribution >= 4 is 11.5 Å². The van der Waals surface area contributed by atoms with Crippen molar-refractivity contribution < 1.29 is 0 Å². The molecule has 1 aliphatic heterocycles. The van der Waals surface area contributed by atoms with E-state index in [-0.39, 0.29) is 5.84 Å². The highest BCUT2D eigenvalue weighted by molar-refractivity contribution is 5.93. The van der Waals surface area contributed by atoms with E-state index < -0.39 is 0 Å². The molecule has 0 saturated heterocycles. The van der Waals surface area contributed by atoms with E-state index in [1.165, 1.54) is 11.1 Å². The molecule has 3 N–H and O–H groups in total. The molecule has 0 unspecified atom stereocenters. The third-order valence-corrected chi connectivity index (χ3v) is 3.52. The second-order valence-corrected chi connectivity index (χ2v) is 4.76. The first kappa shape index (κ1) is 11.7. The zero-order valence-electron chi connectivity index (χ0n) is 10.6. The van der Waals surface area contributed by atoms with Gasteiger partial charge in [0, 0.05) is 13.1 Å². The van der Waals surface area contributed by atoms with Gasteiger partial charge in [0.15, 0.2) is 0 Å². The first-order valence-corrected chi connectivity index (χ1v) is 6.36. The summed E-state index contributed by atoms with van der Waals surface area (Å²) in [7, 11) is 0. The molecule has 0 fully saturated rings. The van der Waals surface area contributed by atoms with E-state index in [9.17, 15) is 0 Å². The first-order valence-electron chi connectivity index (χ1n) is 6.36. The lowest BCUT2D eigenvalue weighted by Crippen LogP contribution is -2.30. The average molecular weight is 252 g/mol. The highest BCUT2D eigenvalue weighted by Crippen LogP contribution is 2.23. The van der Waals surface area contributed by atoms with Crippen LogP contribution < -0.4 is 10.6 Å². The normalized spacial score (nSPS) is 14.0. The molecule has 1 aromatic heterocycles. The molecule has 1 aliphatic rings. The molecule has 0 amide bonds. The van der Waals surface area contributed by atoms with Crippen LogP contribution >= 0.6 is 0 Å². The van der Waals surface area contributed by atoms with Crippen molar-refractivity contribution in [2.45, 2.75) is 13.0 Å². The molecule has 19 heavy (non-hydrogen) atoms. The second-order valence-electron chi connectivity index (χ2n) is 4.76. The van der Waals surface area contributed by atoms with Crippen molar-refractivity contribution in [3.63, 3.8) is 0 Å². The lowest BCUT2D eigenvalue weighted by atomic mass is 10.00. The van der Waals surface area contributed by atoms with Crippen LogP contribution in [0.4, 0.5) is 5.69 Å². The lowest BCUT2D eigenvalue weighted by molar-refractivity contribution is 0.730. The summed E-state index contributed by atoms with van der Waals surface area (Å²) in [4.78, 5) is 6.52. The number of amidine groups is 1. The van der Waals surface area contributed by atoms with Gasteiger partial charge in [-0.2, -0.15) is 0 Å². The van der Waals surface area contributed by atoms with E-state index >= 15 is 0 Å². The van der Waals surface area contributed by atoms with Crippen LogP contribution in [0.3, 0.4) is 0 Å². The zero-order chi connectivity index (χ0) is 13.2. The molecule has 0 spiro atoms. The summed E-state index contributed by atoms with van der Waals surface area (Å²) in [6, 6.07) is 12.3. The summed E-state index contributed by atoms with van der Waals surface area (Å²) in [6.07, 6.45) is 2.86. The van der Waals surface area contributed by atoms with Gasteiger partial charge in [-0.3, -0.25) is 10.4 Å². The quantitative estimate of drug-likeness (QED) is 0.634. The van der Waals surface area contributed by atoms with Gasteiger partial charge < -0.3 is 10.6 Å². The van der Waals surface area contributed by atoms with Crippen LogP contribution in [0.15, 0.2) is 42.6 Å². The standard InChI is InChI=1S/C15H16N4/c16-15(17)14-6-5-13(9-18-14)19-8-7-11-3-1-2-4-12(11)10-19/h1-6,9H,7-8,10H2,(H3,16,17). The molecule has 96 valence electrons. The van der Waals surface area contributed by atoms with Gasteiger partial charge in [0.1, 0.15) is 11.5 Å². The summed E-state index contributed by atoms with van der Waals surface area (Å²) in [6.45, 7) is 1.91. The molecule has 0 saturated carbocycles. The predicted octanol–water partition coefficient (Wildman–Crippen LogP) is 1.93. The number of hydrogen-bond donors (Lipinski definition) is 2. The Balaban J connectivity index is 1.83. The number of nitrogens with two attached hydrogens (primary N) is 1. The number of rotatable bonds is 2. The zero-order valence-corrected chi connectivity index (χ0v) is 10.6. The second kappa shape index (κ2) is 4.72. The first-order chi connectivity index (χ1) is 9.24. The van der Waals surface area contributed by atoms with Gasteiger partial charge in [-0.25, -0.2) is 0 Å². The fourth-order valence-electron chi connectivity index (χ4n) is 2.45. The van der Waals surface area contributed by atoms with Crippen molar-refractivity contribution in [2.75, 3.05) is 11.4 Å². The van der Waals surface area contributed by atoms with Crippen LogP contribution in [-0.2, 0) is 13.0 Å². The minimum absolute atomic E-state index is 0.00976. The molecule has 0 bridgehead atoms. The molecular formula is C15H16N4. The highest BCUT2D eigenvalue weighted by Gasteiger charge is 2.16. The SMILES string of the molecule is N=C(N)c1ccc(N2CCc3ccccc3C2)cn1. The molecule has 3 rings (SSSR count). The minimum Gasteiger partial charge on any atom is -0.382 e. The molecule has 1 aromatic carbocycles. The van der Waals surface area contributed by atoms with Gasteiger partial charge in [-0.15, -0.1) is 0 Å². The maximum Gasteiger partial charge on any atom is 0.141 e. The summed E-state index contributed by atoms with van der Waals surface area (Å²) in [5, 5.41) is 7.35. The Morgan fingerprint density at radius 2 is 1.95 bits per heavy atom. The van der Waals surface area contributed by atoms with Crippen molar-refractivity contribution in [1.29, 1.82) is 5.41 Å². The third-order valence-electron chi connectivity index (χ3n) is 3.52. The van der Waals surface area contributed by atoms with Crippen molar-refractivity contribution in [2.24, 2.45) is 5.73 Å². The molecule has 0 radical (unpaired) electrons. The van der Waals surface area contributed by atoms with Crippen LogP contribution in [-0.4, -0.2) is 17.4 Å². The van der Waals surface area contributed by atoms with E-state index in [0.717, 1.165) is 25.2 Å². The van der Waals surface area contributed by atoms with Gasteiger partial charge >= 0.3 is 0 Å². The number of aromatic nitrogens is 1. The van der Waals surface area contributed by atoms with Gasteiger partial charge in [0.25, 0.3) is 0 Å². The van der Waals surface area contributed by atoms with E-state index in [2.05, 4.69) is 34.1 Å². The van der Waals surface area contributed by atoms with Gasteiger partial charge in [0.05, 0.1) is 11.9 Å². The van der Waals surface area contributed by atoms with Crippen LogP contribution in [0.25, 0.3) is 0 Å². The van der Waals surface area contributed by atoms with E-state index in [0.29, 0.717) is 5.69 Å². The molecule has 4 heteroatoms. The topological polar surface area (TPSA) is 66.0 Å². The van der Waals surface area contributed by atoms with Crippen LogP contribution in [0.5, 0.6) is 0 Å². The fraction of sp³-hybridized carbons (Fsp3) is 0.200. The van der Waals surface area contributed by atoms with Crippen molar-refractivity contribution in [1.82, 2.24) is 4.98 Å². The van der Waals surface area contributed by atoms with E-state index in [4.69, 9.17) is 11.1 Å². The Kier molecular flexibility index (Phi) is 2.91. The number of nitrogens with one attached hydrogen (secondary N) is 1. The third kappa shape index (κ3) is 2.29. The predicted molar refractivity (Wildman–Crippen MR) is 76.4 cm³/mol.